The molecule has 61 heavy (non-hydrogen) atoms. The van der Waals surface area contributed by atoms with Gasteiger partial charge in [-0.3, -0.25) is 9.36 Å². The van der Waals surface area contributed by atoms with Crippen LogP contribution in [0.3, 0.4) is 0 Å². The number of carbonyl (C=O) groups excluding carboxylic acids is 1. The molecule has 3 unspecified atom stereocenters. The van der Waals surface area contributed by atoms with Gasteiger partial charge >= 0.3 is 0 Å². The van der Waals surface area contributed by atoms with Crippen molar-refractivity contribution in [3.05, 3.63) is 24.3 Å². The second-order valence-corrected chi connectivity index (χ2v) is 20.6. The highest BCUT2D eigenvalue weighted by Gasteiger charge is 2.24. The Morgan fingerprint density at radius 1 is 0.574 bits per heavy atom. The highest BCUT2D eigenvalue weighted by molar-refractivity contribution is 7.45. The van der Waals surface area contributed by atoms with Gasteiger partial charge in [0.25, 0.3) is 7.82 Å². The molecule has 2 N–H and O–H groups in total. The molecular weight excluding hydrogens is 780 g/mol. The zero-order chi connectivity index (χ0) is 45.0. The van der Waals surface area contributed by atoms with Gasteiger partial charge in [0.2, 0.25) is 5.91 Å². The number of quaternary nitrogens is 1. The molecule has 0 bridgehead atoms. The van der Waals surface area contributed by atoms with Gasteiger partial charge in [-0.05, 0) is 44.9 Å². The van der Waals surface area contributed by atoms with Gasteiger partial charge in [0.15, 0.2) is 0 Å². The Balaban J connectivity index is 3.90. The van der Waals surface area contributed by atoms with Crippen LogP contribution in [0.15, 0.2) is 24.3 Å². The number of carbonyl (C=O) groups is 1. The monoisotopic (exact) mass is 883 g/mol. The first-order valence-electron chi connectivity index (χ1n) is 26.2. The number of allylic oxidation sites excluding steroid dienone is 4. The Labute approximate surface area is 379 Å². The number of amides is 1. The fourth-order valence-electron chi connectivity index (χ4n) is 7.78. The molecule has 0 radical (unpaired) electrons. The maximum absolute atomic E-state index is 12.9. The number of phosphoric ester groups is 1. The maximum Gasteiger partial charge on any atom is 0.268 e. The summed E-state index contributed by atoms with van der Waals surface area (Å²) in [4.78, 5) is 25.3. The Kier molecular flexibility index (Phi) is 43.5. The standard InChI is InChI=1S/C52H103N2O6P/c1-6-8-10-12-14-16-17-18-19-20-21-22-23-24-25-26-27-28-29-30-31-32-33-34-35-36-37-38-40-42-44-46-52(56)53-50(49-60-61(57,58)59-48-47-54(3,4)5)51(55)45-43-41-39-15-13-11-9-7-2/h17-18,20-21,50-51,55H,6-16,19,22-49H2,1-5H3,(H-,53,56,57,58)/b18-17-,21-20-. The summed E-state index contributed by atoms with van der Waals surface area (Å²) in [6.07, 6.45) is 53.7. The lowest BCUT2D eigenvalue weighted by Gasteiger charge is -2.30. The SMILES string of the molecule is CCCCCCC/C=C\C/C=C\CCCCCCCCCCCCCCCCCCCCCC(=O)NC(COP(=O)([O-])OCC[N+](C)(C)C)C(O)CCCCCCCCCC. The lowest BCUT2D eigenvalue weighted by atomic mass is 10.0. The smallest absolute Gasteiger partial charge is 0.268 e. The molecule has 0 saturated heterocycles. The van der Waals surface area contributed by atoms with E-state index in [0.29, 0.717) is 23.9 Å². The normalized spacial score (nSPS) is 14.3. The minimum atomic E-state index is -4.56. The molecule has 0 aliphatic carbocycles. The van der Waals surface area contributed by atoms with Crippen molar-refractivity contribution in [2.75, 3.05) is 40.9 Å². The topological polar surface area (TPSA) is 108 Å². The van der Waals surface area contributed by atoms with Crippen LogP contribution in [0.5, 0.6) is 0 Å². The Hall–Kier alpha value is -1.02. The molecule has 0 aliphatic rings. The Morgan fingerprint density at radius 2 is 0.951 bits per heavy atom. The average molecular weight is 883 g/mol. The van der Waals surface area contributed by atoms with Crippen LogP contribution in [-0.4, -0.2) is 68.5 Å². The van der Waals surface area contributed by atoms with Gasteiger partial charge < -0.3 is 28.8 Å². The van der Waals surface area contributed by atoms with Gasteiger partial charge in [0.1, 0.15) is 13.2 Å². The molecule has 362 valence electrons. The molecular formula is C52H103N2O6P. The van der Waals surface area contributed by atoms with Crippen molar-refractivity contribution >= 4 is 13.7 Å². The van der Waals surface area contributed by atoms with E-state index in [4.69, 9.17) is 9.05 Å². The lowest BCUT2D eigenvalue weighted by Crippen LogP contribution is -2.46. The predicted molar refractivity (Wildman–Crippen MR) is 261 cm³/mol. The summed E-state index contributed by atoms with van der Waals surface area (Å²) in [5.41, 5.74) is 0. The van der Waals surface area contributed by atoms with Crippen LogP contribution in [-0.2, 0) is 18.4 Å². The first-order valence-corrected chi connectivity index (χ1v) is 27.6. The van der Waals surface area contributed by atoms with Crippen LogP contribution >= 0.6 is 7.82 Å². The summed E-state index contributed by atoms with van der Waals surface area (Å²) in [6, 6.07) is -0.795. The van der Waals surface area contributed by atoms with E-state index in [-0.39, 0.29) is 19.1 Å². The van der Waals surface area contributed by atoms with Crippen LogP contribution in [0, 0.1) is 0 Å². The highest BCUT2D eigenvalue weighted by Crippen LogP contribution is 2.38. The maximum atomic E-state index is 12.9. The second-order valence-electron chi connectivity index (χ2n) is 19.2. The summed E-state index contributed by atoms with van der Waals surface area (Å²) < 4.78 is 23.2. The van der Waals surface area contributed by atoms with E-state index >= 15 is 0 Å². The van der Waals surface area contributed by atoms with Gasteiger partial charge in [-0.2, -0.15) is 0 Å². The number of aliphatic hydroxyl groups excluding tert-OH is 1. The molecule has 0 rings (SSSR count). The van der Waals surface area contributed by atoms with Crippen LogP contribution < -0.4 is 10.2 Å². The van der Waals surface area contributed by atoms with Crippen molar-refractivity contribution in [2.45, 2.75) is 264 Å². The molecule has 1 amide bonds. The number of hydrogen-bond acceptors (Lipinski definition) is 6. The van der Waals surface area contributed by atoms with Crippen molar-refractivity contribution in [1.82, 2.24) is 5.32 Å². The number of rotatable bonds is 48. The molecule has 0 heterocycles. The third kappa shape index (κ3) is 46.8. The first-order chi connectivity index (χ1) is 29.5. The number of likely N-dealkylation sites (N-methyl/N-ethyl adjacent to an activating group) is 1. The van der Waals surface area contributed by atoms with Crippen molar-refractivity contribution in [2.24, 2.45) is 0 Å². The fraction of sp³-hybridized carbons (Fsp3) is 0.904. The zero-order valence-electron chi connectivity index (χ0n) is 41.1. The molecule has 0 aromatic rings. The minimum absolute atomic E-state index is 0.0137. The third-order valence-electron chi connectivity index (χ3n) is 11.9. The minimum Gasteiger partial charge on any atom is -0.756 e. The number of phosphoric acid groups is 1. The molecule has 0 aromatic carbocycles. The van der Waals surface area contributed by atoms with Gasteiger partial charge in [-0.1, -0.05) is 224 Å². The molecule has 3 atom stereocenters. The predicted octanol–water partition coefficient (Wildman–Crippen LogP) is 14.6. The number of nitrogens with zero attached hydrogens (tertiary/aromatic N) is 1. The molecule has 0 fully saturated rings. The Morgan fingerprint density at radius 3 is 1.36 bits per heavy atom. The van der Waals surface area contributed by atoms with Gasteiger partial charge in [0, 0.05) is 6.42 Å². The first kappa shape index (κ1) is 60.0. The number of unbranched alkanes of at least 4 members (excludes halogenated alkanes) is 31. The molecule has 0 spiro atoms. The van der Waals surface area contributed by atoms with Crippen LogP contribution in [0.1, 0.15) is 251 Å². The van der Waals surface area contributed by atoms with E-state index in [2.05, 4.69) is 43.5 Å². The second kappa shape index (κ2) is 44.2. The molecule has 0 saturated carbocycles. The quantitative estimate of drug-likeness (QED) is 0.0273. The summed E-state index contributed by atoms with van der Waals surface area (Å²) in [6.45, 7) is 4.69. The summed E-state index contributed by atoms with van der Waals surface area (Å²) >= 11 is 0. The summed E-state index contributed by atoms with van der Waals surface area (Å²) in [7, 11) is 1.31. The lowest BCUT2D eigenvalue weighted by molar-refractivity contribution is -0.870. The highest BCUT2D eigenvalue weighted by atomic mass is 31.2. The van der Waals surface area contributed by atoms with E-state index in [0.717, 1.165) is 44.9 Å². The number of hydrogen-bond donors (Lipinski definition) is 2. The van der Waals surface area contributed by atoms with Crippen molar-refractivity contribution in [1.29, 1.82) is 0 Å². The number of aliphatic hydroxyl groups is 1. The summed E-state index contributed by atoms with van der Waals surface area (Å²) in [5.74, 6) is -0.165. The molecule has 8 nitrogen and oxygen atoms in total. The Bertz CT molecular complexity index is 1050. The molecule has 0 aliphatic heterocycles. The van der Waals surface area contributed by atoms with Gasteiger partial charge in [-0.25, -0.2) is 0 Å². The summed E-state index contributed by atoms with van der Waals surface area (Å²) in [5, 5.41) is 13.8. The largest absolute Gasteiger partial charge is 0.756 e. The van der Waals surface area contributed by atoms with Crippen LogP contribution in [0.25, 0.3) is 0 Å². The third-order valence-corrected chi connectivity index (χ3v) is 12.9. The average Bonchev–Trinajstić information content (AvgIpc) is 3.21. The van der Waals surface area contributed by atoms with E-state index < -0.39 is 20.0 Å². The van der Waals surface area contributed by atoms with Crippen LogP contribution in [0.4, 0.5) is 0 Å². The van der Waals surface area contributed by atoms with Gasteiger partial charge in [0.05, 0.1) is 39.9 Å². The molecule has 0 aromatic heterocycles. The van der Waals surface area contributed by atoms with E-state index in [1.54, 1.807) is 0 Å². The number of nitrogens with one attached hydrogen (secondary N) is 1. The molecule has 9 heteroatoms. The van der Waals surface area contributed by atoms with Crippen molar-refractivity contribution in [3.8, 4) is 0 Å². The van der Waals surface area contributed by atoms with E-state index in [1.807, 2.05) is 21.1 Å². The van der Waals surface area contributed by atoms with Crippen molar-refractivity contribution < 1.29 is 32.9 Å². The fourth-order valence-corrected chi connectivity index (χ4v) is 8.50. The van der Waals surface area contributed by atoms with Crippen molar-refractivity contribution in [3.63, 3.8) is 0 Å². The zero-order valence-corrected chi connectivity index (χ0v) is 42.0. The van der Waals surface area contributed by atoms with E-state index in [1.165, 1.54) is 180 Å². The van der Waals surface area contributed by atoms with Gasteiger partial charge in [-0.15, -0.1) is 0 Å². The van der Waals surface area contributed by atoms with Crippen LogP contribution in [0.2, 0.25) is 0 Å². The van der Waals surface area contributed by atoms with E-state index in [9.17, 15) is 19.4 Å².